The van der Waals surface area contributed by atoms with Crippen LogP contribution in [0.4, 0.5) is 5.00 Å². The fourth-order valence-electron chi connectivity index (χ4n) is 2.42. The first kappa shape index (κ1) is 10.6. The topological polar surface area (TPSA) is 38.9 Å². The van der Waals surface area contributed by atoms with Crippen molar-refractivity contribution < 1.29 is 0 Å². The normalized spacial score (nSPS) is 19.1. The lowest BCUT2D eigenvalue weighted by Crippen LogP contribution is -1.88. The highest BCUT2D eigenvalue weighted by Gasteiger charge is 2.28. The summed E-state index contributed by atoms with van der Waals surface area (Å²) >= 11 is 1.68. The van der Waals surface area contributed by atoms with Gasteiger partial charge in [0.1, 0.15) is 10.7 Å². The Bertz CT molecular complexity index is 594. The van der Waals surface area contributed by atoms with E-state index in [1.807, 2.05) is 0 Å². The minimum atomic E-state index is 0.692. The fraction of sp³-hybridized carbons (Fsp3) is 0.400. The Morgan fingerprint density at radius 2 is 1.89 bits per heavy atom. The summed E-state index contributed by atoms with van der Waals surface area (Å²) in [5.41, 5.74) is 9.79. The zero-order chi connectivity index (χ0) is 12.1. The van der Waals surface area contributed by atoms with Gasteiger partial charge in [0.25, 0.3) is 0 Å². The molecule has 2 aliphatic rings. The van der Waals surface area contributed by atoms with Gasteiger partial charge in [0.15, 0.2) is 0 Å². The van der Waals surface area contributed by atoms with E-state index in [-0.39, 0.29) is 0 Å². The summed E-state index contributed by atoms with van der Waals surface area (Å²) < 4.78 is 0. The molecule has 0 aliphatic heterocycles. The maximum Gasteiger partial charge on any atom is 0.114 e. The van der Waals surface area contributed by atoms with E-state index in [0.717, 1.165) is 16.6 Å². The number of nitrogen functional groups attached to an aromatic ring is 1. The Balaban J connectivity index is 1.74. The second-order valence-electron chi connectivity index (χ2n) is 5.44. The van der Waals surface area contributed by atoms with Gasteiger partial charge in [-0.2, -0.15) is 0 Å². The number of hydrogen-bond donors (Lipinski definition) is 1. The molecule has 1 aromatic heterocycles. The highest BCUT2D eigenvalue weighted by Crippen LogP contribution is 2.46. The summed E-state index contributed by atoms with van der Waals surface area (Å²) in [6, 6.07) is 8.78. The standard InChI is InChI=1S/C15H16N2S/c16-14-13(17-15(18-14)10-6-7-10)12-3-1-2-11(8-12)9-4-5-9/h1-3,8-10H,4-7,16H2. The third-order valence-electron chi connectivity index (χ3n) is 3.81. The molecule has 0 unspecified atom stereocenters. The molecule has 2 fully saturated rings. The molecule has 0 radical (unpaired) electrons. The Morgan fingerprint density at radius 1 is 1.11 bits per heavy atom. The highest BCUT2D eigenvalue weighted by atomic mass is 32.1. The van der Waals surface area contributed by atoms with Gasteiger partial charge in [-0.3, -0.25) is 0 Å². The molecular formula is C15H16N2S. The summed E-state index contributed by atoms with van der Waals surface area (Å²) in [5.74, 6) is 1.48. The van der Waals surface area contributed by atoms with Crippen LogP contribution < -0.4 is 5.73 Å². The Kier molecular flexibility index (Phi) is 2.24. The molecule has 4 rings (SSSR count). The van der Waals surface area contributed by atoms with Crippen LogP contribution in [0.1, 0.15) is 48.1 Å². The minimum absolute atomic E-state index is 0.692. The molecule has 0 atom stereocenters. The number of hydrogen-bond acceptors (Lipinski definition) is 3. The van der Waals surface area contributed by atoms with Crippen LogP contribution in [0.3, 0.4) is 0 Å². The smallest absolute Gasteiger partial charge is 0.114 e. The van der Waals surface area contributed by atoms with Gasteiger partial charge in [0.05, 0.1) is 5.01 Å². The predicted octanol–water partition coefficient (Wildman–Crippen LogP) is 4.15. The molecule has 2 saturated carbocycles. The van der Waals surface area contributed by atoms with Crippen molar-refractivity contribution in [2.75, 3.05) is 5.73 Å². The SMILES string of the molecule is Nc1sc(C2CC2)nc1-c1cccc(C2CC2)c1. The number of aromatic nitrogens is 1. The van der Waals surface area contributed by atoms with Crippen LogP contribution >= 0.6 is 11.3 Å². The molecule has 18 heavy (non-hydrogen) atoms. The molecule has 0 amide bonds. The van der Waals surface area contributed by atoms with Crippen molar-refractivity contribution in [3.05, 3.63) is 34.8 Å². The summed E-state index contributed by atoms with van der Waals surface area (Å²) in [7, 11) is 0. The van der Waals surface area contributed by atoms with Crippen LogP contribution in [0, 0.1) is 0 Å². The summed E-state index contributed by atoms with van der Waals surface area (Å²) in [4.78, 5) is 4.76. The van der Waals surface area contributed by atoms with E-state index < -0.39 is 0 Å². The Labute approximate surface area is 111 Å². The summed E-state index contributed by atoms with van der Waals surface area (Å²) in [6.45, 7) is 0. The van der Waals surface area contributed by atoms with Crippen molar-refractivity contribution in [3.8, 4) is 11.3 Å². The lowest BCUT2D eigenvalue weighted by Gasteiger charge is -2.02. The largest absolute Gasteiger partial charge is 0.389 e. The second-order valence-corrected chi connectivity index (χ2v) is 6.50. The van der Waals surface area contributed by atoms with Gasteiger partial charge in [-0.15, -0.1) is 11.3 Å². The monoisotopic (exact) mass is 256 g/mol. The molecule has 2 aliphatic carbocycles. The molecule has 0 bridgehead atoms. The van der Waals surface area contributed by atoms with E-state index in [2.05, 4.69) is 24.3 Å². The first-order valence-corrected chi connectivity index (χ1v) is 7.49. The molecule has 0 saturated heterocycles. The minimum Gasteiger partial charge on any atom is -0.389 e. The van der Waals surface area contributed by atoms with Crippen LogP contribution in [0.5, 0.6) is 0 Å². The summed E-state index contributed by atoms with van der Waals surface area (Å²) in [6.07, 6.45) is 5.25. The van der Waals surface area contributed by atoms with E-state index in [0.29, 0.717) is 5.92 Å². The molecule has 0 spiro atoms. The van der Waals surface area contributed by atoms with E-state index in [9.17, 15) is 0 Å². The molecule has 2 N–H and O–H groups in total. The lowest BCUT2D eigenvalue weighted by molar-refractivity contribution is 1.08. The number of benzene rings is 1. The van der Waals surface area contributed by atoms with Crippen LogP contribution in [0.2, 0.25) is 0 Å². The van der Waals surface area contributed by atoms with Crippen molar-refractivity contribution in [1.82, 2.24) is 4.98 Å². The Morgan fingerprint density at radius 3 is 2.61 bits per heavy atom. The van der Waals surface area contributed by atoms with Gasteiger partial charge < -0.3 is 5.73 Å². The van der Waals surface area contributed by atoms with Crippen LogP contribution in [-0.2, 0) is 0 Å². The number of thiazole rings is 1. The average molecular weight is 256 g/mol. The van der Waals surface area contributed by atoms with Crippen molar-refractivity contribution in [2.45, 2.75) is 37.5 Å². The molecule has 1 heterocycles. The molecule has 2 nitrogen and oxygen atoms in total. The highest BCUT2D eigenvalue weighted by molar-refractivity contribution is 7.16. The number of rotatable bonds is 3. The van der Waals surface area contributed by atoms with Crippen molar-refractivity contribution in [3.63, 3.8) is 0 Å². The maximum absolute atomic E-state index is 6.14. The number of anilines is 1. The molecule has 1 aromatic carbocycles. The van der Waals surface area contributed by atoms with Gasteiger partial charge >= 0.3 is 0 Å². The number of nitrogens with zero attached hydrogens (tertiary/aromatic N) is 1. The third kappa shape index (κ3) is 1.83. The van der Waals surface area contributed by atoms with Gasteiger partial charge in [0.2, 0.25) is 0 Å². The third-order valence-corrected chi connectivity index (χ3v) is 4.85. The molecule has 92 valence electrons. The first-order chi connectivity index (χ1) is 8.81. The molecular weight excluding hydrogens is 240 g/mol. The van der Waals surface area contributed by atoms with Crippen molar-refractivity contribution in [1.29, 1.82) is 0 Å². The van der Waals surface area contributed by atoms with E-state index in [4.69, 9.17) is 10.7 Å². The molecule has 3 heteroatoms. The van der Waals surface area contributed by atoms with Gasteiger partial charge in [-0.1, -0.05) is 18.2 Å². The average Bonchev–Trinajstić information content (AvgIpc) is 3.27. The van der Waals surface area contributed by atoms with E-state index in [1.165, 1.54) is 41.8 Å². The van der Waals surface area contributed by atoms with Crippen LogP contribution in [0.25, 0.3) is 11.3 Å². The predicted molar refractivity (Wildman–Crippen MR) is 75.9 cm³/mol. The van der Waals surface area contributed by atoms with E-state index >= 15 is 0 Å². The second kappa shape index (κ2) is 3.82. The van der Waals surface area contributed by atoms with Crippen molar-refractivity contribution >= 4 is 16.3 Å². The zero-order valence-corrected chi connectivity index (χ0v) is 11.0. The van der Waals surface area contributed by atoms with Gasteiger partial charge in [-0.25, -0.2) is 4.98 Å². The molecule has 2 aromatic rings. The fourth-order valence-corrected chi connectivity index (χ4v) is 3.44. The Hall–Kier alpha value is -1.35. The van der Waals surface area contributed by atoms with Crippen LogP contribution in [-0.4, -0.2) is 4.98 Å². The quantitative estimate of drug-likeness (QED) is 0.896. The van der Waals surface area contributed by atoms with Crippen molar-refractivity contribution in [2.24, 2.45) is 0 Å². The number of nitrogens with two attached hydrogens (primary N) is 1. The maximum atomic E-state index is 6.14. The summed E-state index contributed by atoms with van der Waals surface area (Å²) in [5, 5.41) is 2.11. The van der Waals surface area contributed by atoms with Gasteiger partial charge in [-0.05, 0) is 43.2 Å². The zero-order valence-electron chi connectivity index (χ0n) is 10.2. The first-order valence-electron chi connectivity index (χ1n) is 6.68. The van der Waals surface area contributed by atoms with E-state index in [1.54, 1.807) is 11.3 Å². The van der Waals surface area contributed by atoms with Gasteiger partial charge in [0, 0.05) is 11.5 Å². The van der Waals surface area contributed by atoms with Crippen LogP contribution in [0.15, 0.2) is 24.3 Å². The lowest BCUT2D eigenvalue weighted by atomic mass is 10.1.